The summed E-state index contributed by atoms with van der Waals surface area (Å²) in [4.78, 5) is 0. The molecule has 4 rings (SSSR count). The molecule has 2 N–H and O–H groups in total. The highest BCUT2D eigenvalue weighted by molar-refractivity contribution is 5.88. The molecular formula is C20H14F3N3O. The number of fused-ring (bicyclic) bond motifs is 1. The second kappa shape index (κ2) is 6.12. The van der Waals surface area contributed by atoms with Gasteiger partial charge in [0.2, 0.25) is 11.8 Å². The average Bonchev–Trinajstić information content (AvgIpc) is 3.11. The van der Waals surface area contributed by atoms with Crippen LogP contribution in [0, 0.1) is 6.92 Å². The monoisotopic (exact) mass is 369 g/mol. The number of anilines is 1. The Morgan fingerprint density at radius 3 is 2.11 bits per heavy atom. The first-order valence-electron chi connectivity index (χ1n) is 8.13. The molecule has 0 aliphatic rings. The zero-order chi connectivity index (χ0) is 19.2. The number of hydrogen-bond acceptors (Lipinski definition) is 4. The summed E-state index contributed by atoms with van der Waals surface area (Å²) in [6.07, 6.45) is -4.44. The van der Waals surface area contributed by atoms with Gasteiger partial charge in [0.25, 0.3) is 0 Å². The van der Waals surface area contributed by atoms with Crippen LogP contribution in [0.2, 0.25) is 0 Å². The highest BCUT2D eigenvalue weighted by Gasteiger charge is 2.33. The van der Waals surface area contributed by atoms with Crippen LogP contribution in [0.1, 0.15) is 11.1 Å². The lowest BCUT2D eigenvalue weighted by atomic mass is 10.0. The van der Waals surface area contributed by atoms with Crippen LogP contribution in [0.25, 0.3) is 33.7 Å². The topological polar surface area (TPSA) is 64.9 Å². The van der Waals surface area contributed by atoms with Crippen LogP contribution in [-0.4, -0.2) is 10.2 Å². The number of aromatic nitrogens is 2. The Labute approximate surface area is 152 Å². The van der Waals surface area contributed by atoms with Gasteiger partial charge in [-0.15, -0.1) is 10.2 Å². The Balaban J connectivity index is 1.73. The average molecular weight is 369 g/mol. The molecule has 0 fully saturated rings. The van der Waals surface area contributed by atoms with E-state index < -0.39 is 11.7 Å². The molecule has 0 spiro atoms. The number of alkyl halides is 3. The third-order valence-corrected chi connectivity index (χ3v) is 4.33. The molecular weight excluding hydrogens is 355 g/mol. The highest BCUT2D eigenvalue weighted by atomic mass is 19.4. The summed E-state index contributed by atoms with van der Waals surface area (Å²) in [7, 11) is 0. The lowest BCUT2D eigenvalue weighted by molar-refractivity contribution is -0.138. The van der Waals surface area contributed by atoms with Crippen molar-refractivity contribution in [2.24, 2.45) is 0 Å². The van der Waals surface area contributed by atoms with E-state index in [2.05, 4.69) is 10.2 Å². The molecule has 0 saturated carbocycles. The summed E-state index contributed by atoms with van der Waals surface area (Å²) in [5.74, 6) is 0.269. The van der Waals surface area contributed by atoms with Crippen LogP contribution in [-0.2, 0) is 6.18 Å². The maximum Gasteiger partial charge on any atom is 0.416 e. The SMILES string of the molecule is Cc1ccc(-c2nnc(-c3ccc4cc(N)ccc4c3)o2)cc1C(F)(F)F. The Hall–Kier alpha value is -3.35. The van der Waals surface area contributed by atoms with Gasteiger partial charge in [-0.2, -0.15) is 13.2 Å². The van der Waals surface area contributed by atoms with Gasteiger partial charge in [-0.3, -0.25) is 0 Å². The van der Waals surface area contributed by atoms with E-state index >= 15 is 0 Å². The second-order valence-electron chi connectivity index (χ2n) is 6.26. The van der Waals surface area contributed by atoms with Crippen molar-refractivity contribution in [3.8, 4) is 22.9 Å². The number of nitrogens with two attached hydrogens (primary N) is 1. The quantitative estimate of drug-likeness (QED) is 0.476. The number of benzene rings is 3. The van der Waals surface area contributed by atoms with Gasteiger partial charge in [0.1, 0.15) is 0 Å². The van der Waals surface area contributed by atoms with Gasteiger partial charge in [0.15, 0.2) is 0 Å². The fourth-order valence-electron chi connectivity index (χ4n) is 2.91. The summed E-state index contributed by atoms with van der Waals surface area (Å²) < 4.78 is 45.0. The molecule has 0 atom stereocenters. The van der Waals surface area contributed by atoms with Crippen LogP contribution in [0.3, 0.4) is 0 Å². The summed E-state index contributed by atoms with van der Waals surface area (Å²) in [6.45, 7) is 1.41. The first kappa shape index (κ1) is 17.1. The predicted molar refractivity (Wildman–Crippen MR) is 96.8 cm³/mol. The summed E-state index contributed by atoms with van der Waals surface area (Å²) in [5.41, 5.74) is 6.75. The highest BCUT2D eigenvalue weighted by Crippen LogP contribution is 2.35. The summed E-state index contributed by atoms with van der Waals surface area (Å²) >= 11 is 0. The third kappa shape index (κ3) is 3.23. The zero-order valence-electron chi connectivity index (χ0n) is 14.2. The summed E-state index contributed by atoms with van der Waals surface area (Å²) in [5, 5.41) is 9.79. The lowest BCUT2D eigenvalue weighted by Gasteiger charge is -2.10. The van der Waals surface area contributed by atoms with Crippen molar-refractivity contribution in [3.05, 3.63) is 65.7 Å². The Bertz CT molecular complexity index is 1150. The zero-order valence-corrected chi connectivity index (χ0v) is 14.2. The number of aryl methyl sites for hydroxylation is 1. The largest absolute Gasteiger partial charge is 0.416 e. The number of nitrogen functional groups attached to an aromatic ring is 1. The first-order valence-corrected chi connectivity index (χ1v) is 8.13. The molecule has 0 amide bonds. The van der Waals surface area contributed by atoms with Crippen molar-refractivity contribution < 1.29 is 17.6 Å². The van der Waals surface area contributed by atoms with Crippen molar-refractivity contribution >= 4 is 16.5 Å². The molecule has 1 heterocycles. The molecule has 1 aromatic heterocycles. The third-order valence-electron chi connectivity index (χ3n) is 4.33. The van der Waals surface area contributed by atoms with E-state index in [4.69, 9.17) is 10.2 Å². The molecule has 27 heavy (non-hydrogen) atoms. The minimum absolute atomic E-state index is 0.0351. The van der Waals surface area contributed by atoms with Gasteiger partial charge < -0.3 is 10.2 Å². The van der Waals surface area contributed by atoms with Crippen LogP contribution < -0.4 is 5.73 Å². The van der Waals surface area contributed by atoms with Gasteiger partial charge in [0, 0.05) is 16.8 Å². The minimum Gasteiger partial charge on any atom is -0.416 e. The van der Waals surface area contributed by atoms with Crippen LogP contribution in [0.15, 0.2) is 59.0 Å². The van der Waals surface area contributed by atoms with Crippen molar-refractivity contribution in [1.82, 2.24) is 10.2 Å². The molecule has 136 valence electrons. The fraction of sp³-hybridized carbons (Fsp3) is 0.100. The maximum atomic E-state index is 13.1. The summed E-state index contributed by atoms with van der Waals surface area (Å²) in [6, 6.07) is 15.0. The molecule has 4 aromatic rings. The Kier molecular flexibility index (Phi) is 3.87. The predicted octanol–water partition coefficient (Wildman–Crippen LogP) is 5.47. The molecule has 0 radical (unpaired) electrons. The van der Waals surface area contributed by atoms with Crippen molar-refractivity contribution in [1.29, 1.82) is 0 Å². The molecule has 0 unspecified atom stereocenters. The molecule has 0 aliphatic heterocycles. The number of halogens is 3. The van der Waals surface area contributed by atoms with Gasteiger partial charge in [-0.1, -0.05) is 18.2 Å². The molecule has 4 nitrogen and oxygen atoms in total. The Morgan fingerprint density at radius 2 is 1.41 bits per heavy atom. The van der Waals surface area contributed by atoms with Crippen LogP contribution >= 0.6 is 0 Å². The Morgan fingerprint density at radius 1 is 0.815 bits per heavy atom. The van der Waals surface area contributed by atoms with E-state index in [-0.39, 0.29) is 22.9 Å². The smallest absolute Gasteiger partial charge is 0.416 e. The second-order valence-corrected chi connectivity index (χ2v) is 6.26. The van der Waals surface area contributed by atoms with Gasteiger partial charge in [-0.25, -0.2) is 0 Å². The number of rotatable bonds is 2. The maximum absolute atomic E-state index is 13.1. The molecule has 0 saturated heterocycles. The van der Waals surface area contributed by atoms with E-state index in [1.54, 1.807) is 12.1 Å². The molecule has 3 aromatic carbocycles. The lowest BCUT2D eigenvalue weighted by Crippen LogP contribution is -2.07. The molecule has 0 aliphatic carbocycles. The standard InChI is InChI=1S/C20H14F3N3O/c1-11-2-3-15(10-17(11)20(21,22)23)19-26-25-18(27-19)14-5-4-13-9-16(24)7-6-12(13)8-14/h2-10H,24H2,1H3. The molecule has 0 bridgehead atoms. The number of hydrogen-bond donors (Lipinski definition) is 1. The van der Waals surface area contributed by atoms with Crippen LogP contribution in [0.5, 0.6) is 0 Å². The fourth-order valence-corrected chi connectivity index (χ4v) is 2.91. The van der Waals surface area contributed by atoms with E-state index in [1.165, 1.54) is 19.1 Å². The van der Waals surface area contributed by atoms with Crippen molar-refractivity contribution in [2.45, 2.75) is 13.1 Å². The van der Waals surface area contributed by atoms with Crippen molar-refractivity contribution in [2.75, 3.05) is 5.73 Å². The first-order chi connectivity index (χ1) is 12.8. The van der Waals surface area contributed by atoms with Gasteiger partial charge >= 0.3 is 6.18 Å². The minimum atomic E-state index is -4.44. The normalized spacial score (nSPS) is 11.9. The van der Waals surface area contributed by atoms with Gasteiger partial charge in [-0.05, 0) is 59.7 Å². The van der Waals surface area contributed by atoms with E-state index in [0.717, 1.165) is 16.8 Å². The molecule has 7 heteroatoms. The van der Waals surface area contributed by atoms with E-state index in [9.17, 15) is 13.2 Å². The van der Waals surface area contributed by atoms with Gasteiger partial charge in [0.05, 0.1) is 5.56 Å². The van der Waals surface area contributed by atoms with Crippen molar-refractivity contribution in [3.63, 3.8) is 0 Å². The van der Waals surface area contributed by atoms with E-state index in [0.29, 0.717) is 11.3 Å². The number of nitrogens with zero attached hydrogens (tertiary/aromatic N) is 2. The van der Waals surface area contributed by atoms with E-state index in [1.807, 2.05) is 24.3 Å². The van der Waals surface area contributed by atoms with Crippen LogP contribution in [0.4, 0.5) is 18.9 Å².